The highest BCUT2D eigenvalue weighted by molar-refractivity contribution is 7.89. The fraction of sp³-hybridized carbons (Fsp3) is 0.417. The Labute approximate surface area is 195 Å². The van der Waals surface area contributed by atoms with Crippen molar-refractivity contribution in [1.29, 1.82) is 0 Å². The summed E-state index contributed by atoms with van der Waals surface area (Å²) in [7, 11) is -3.51. The normalized spacial score (nSPS) is 17.2. The molecule has 0 bridgehead atoms. The summed E-state index contributed by atoms with van der Waals surface area (Å²) in [6, 6.07) is 14.5. The lowest BCUT2D eigenvalue weighted by Gasteiger charge is -2.31. The molecule has 1 aliphatic heterocycles. The highest BCUT2D eigenvalue weighted by Crippen LogP contribution is 2.28. The number of likely N-dealkylation sites (tertiary alicyclic amines) is 1. The number of hydrogen-bond donors (Lipinski definition) is 1. The summed E-state index contributed by atoms with van der Waals surface area (Å²) in [6.45, 7) is 7.05. The van der Waals surface area contributed by atoms with Gasteiger partial charge in [-0.15, -0.1) is 0 Å². The zero-order valence-corrected chi connectivity index (χ0v) is 19.8. The predicted molar refractivity (Wildman–Crippen MR) is 125 cm³/mol. The van der Waals surface area contributed by atoms with Gasteiger partial charge in [-0.05, 0) is 63.4 Å². The average molecular weight is 471 g/mol. The number of nitrogens with zero attached hydrogens (tertiary/aromatic N) is 3. The maximum absolute atomic E-state index is 12.6. The van der Waals surface area contributed by atoms with Crippen LogP contribution in [0, 0.1) is 12.8 Å². The van der Waals surface area contributed by atoms with E-state index in [9.17, 15) is 8.42 Å². The Kier molecular flexibility index (Phi) is 7.42. The molecular weight excluding hydrogens is 440 g/mol. The molecule has 1 aliphatic rings. The second-order valence-corrected chi connectivity index (χ2v) is 10.1. The Bertz CT molecular complexity index is 1160. The molecule has 0 spiro atoms. The third kappa shape index (κ3) is 5.98. The van der Waals surface area contributed by atoms with Gasteiger partial charge in [0.15, 0.2) is 0 Å². The molecule has 1 saturated heterocycles. The zero-order chi connectivity index (χ0) is 23.3. The molecule has 3 aromatic rings. The lowest BCUT2D eigenvalue weighted by atomic mass is 9.98. The van der Waals surface area contributed by atoms with E-state index in [1.165, 1.54) is 0 Å². The van der Waals surface area contributed by atoms with Gasteiger partial charge in [0, 0.05) is 13.1 Å². The first-order valence-corrected chi connectivity index (χ1v) is 12.8. The highest BCUT2D eigenvalue weighted by atomic mass is 32.2. The van der Waals surface area contributed by atoms with Gasteiger partial charge < -0.3 is 9.26 Å². The molecule has 1 fully saturated rings. The number of para-hydroxylation sites is 1. The van der Waals surface area contributed by atoms with Crippen molar-refractivity contribution >= 4 is 10.0 Å². The van der Waals surface area contributed by atoms with E-state index < -0.39 is 10.0 Å². The standard InChI is InChI=1S/C24H30N4O4S/c1-3-31-22-9-5-4-8-21(22)24-26-23(32-27-24)17-28-14-6-7-19(16-28)15-25-33(29,30)20-12-10-18(2)11-13-20/h4-5,8-13,19,25H,3,6-7,14-17H2,1-2H3. The molecule has 8 nitrogen and oxygen atoms in total. The van der Waals surface area contributed by atoms with Crippen molar-refractivity contribution < 1.29 is 17.7 Å². The van der Waals surface area contributed by atoms with Gasteiger partial charge in [-0.2, -0.15) is 4.98 Å². The van der Waals surface area contributed by atoms with Gasteiger partial charge in [-0.3, -0.25) is 4.90 Å². The minimum Gasteiger partial charge on any atom is -0.493 e. The number of hydrogen-bond acceptors (Lipinski definition) is 7. The molecule has 4 rings (SSSR count). The van der Waals surface area contributed by atoms with Crippen molar-refractivity contribution in [2.75, 3.05) is 26.2 Å². The van der Waals surface area contributed by atoms with Crippen molar-refractivity contribution in [3.63, 3.8) is 0 Å². The molecule has 1 atom stereocenters. The summed E-state index contributed by atoms with van der Waals surface area (Å²) in [5.41, 5.74) is 1.83. The van der Waals surface area contributed by atoms with Crippen LogP contribution in [0.2, 0.25) is 0 Å². The maximum Gasteiger partial charge on any atom is 0.241 e. The van der Waals surface area contributed by atoms with E-state index in [1.807, 2.05) is 50.2 Å². The largest absolute Gasteiger partial charge is 0.493 e. The summed E-state index contributed by atoms with van der Waals surface area (Å²) in [6.07, 6.45) is 1.97. The number of sulfonamides is 1. The van der Waals surface area contributed by atoms with Crippen LogP contribution in [0.5, 0.6) is 5.75 Å². The zero-order valence-electron chi connectivity index (χ0n) is 19.0. The van der Waals surface area contributed by atoms with Crippen LogP contribution in [0.4, 0.5) is 0 Å². The summed E-state index contributed by atoms with van der Waals surface area (Å²) >= 11 is 0. The van der Waals surface area contributed by atoms with Crippen molar-refractivity contribution in [3.05, 3.63) is 60.0 Å². The molecule has 33 heavy (non-hydrogen) atoms. The molecule has 0 radical (unpaired) electrons. The van der Waals surface area contributed by atoms with Crippen LogP contribution in [-0.2, 0) is 16.6 Å². The Balaban J connectivity index is 1.35. The molecule has 0 amide bonds. The molecule has 1 N–H and O–H groups in total. The maximum atomic E-state index is 12.6. The number of aromatic nitrogens is 2. The minimum absolute atomic E-state index is 0.222. The Morgan fingerprint density at radius 1 is 1.18 bits per heavy atom. The molecule has 2 heterocycles. The minimum atomic E-state index is -3.51. The molecule has 1 unspecified atom stereocenters. The van der Waals surface area contributed by atoms with Gasteiger partial charge in [-0.25, -0.2) is 13.1 Å². The second-order valence-electron chi connectivity index (χ2n) is 8.35. The number of aryl methyl sites for hydroxylation is 1. The van der Waals surface area contributed by atoms with Crippen molar-refractivity contribution in [3.8, 4) is 17.1 Å². The molecular formula is C24H30N4O4S. The monoisotopic (exact) mass is 470 g/mol. The van der Waals surface area contributed by atoms with Crippen molar-refractivity contribution in [2.45, 2.75) is 38.1 Å². The quantitative estimate of drug-likeness (QED) is 0.510. The van der Waals surface area contributed by atoms with Gasteiger partial charge in [-0.1, -0.05) is 35.0 Å². The molecule has 0 saturated carbocycles. The number of benzene rings is 2. The third-order valence-electron chi connectivity index (χ3n) is 5.75. The van der Waals surface area contributed by atoms with Crippen LogP contribution < -0.4 is 9.46 Å². The van der Waals surface area contributed by atoms with Gasteiger partial charge in [0.2, 0.25) is 21.7 Å². The number of ether oxygens (including phenoxy) is 1. The number of rotatable bonds is 9. The molecule has 2 aromatic carbocycles. The van der Waals surface area contributed by atoms with Gasteiger partial charge in [0.05, 0.1) is 23.6 Å². The molecule has 9 heteroatoms. The van der Waals surface area contributed by atoms with Crippen LogP contribution in [0.15, 0.2) is 57.9 Å². The predicted octanol–water partition coefficient (Wildman–Crippen LogP) is 3.63. The van der Waals surface area contributed by atoms with E-state index in [0.717, 1.165) is 42.8 Å². The lowest BCUT2D eigenvalue weighted by molar-refractivity contribution is 0.151. The third-order valence-corrected chi connectivity index (χ3v) is 7.19. The topological polar surface area (TPSA) is 97.6 Å². The molecule has 1 aromatic heterocycles. The van der Waals surface area contributed by atoms with Crippen LogP contribution in [0.25, 0.3) is 11.4 Å². The van der Waals surface area contributed by atoms with E-state index in [1.54, 1.807) is 12.1 Å². The van der Waals surface area contributed by atoms with Crippen LogP contribution in [0.1, 0.15) is 31.2 Å². The van der Waals surface area contributed by atoms with Gasteiger partial charge in [0.25, 0.3) is 0 Å². The van der Waals surface area contributed by atoms with Crippen LogP contribution >= 0.6 is 0 Å². The van der Waals surface area contributed by atoms with Gasteiger partial charge >= 0.3 is 0 Å². The SMILES string of the molecule is CCOc1ccccc1-c1noc(CN2CCCC(CNS(=O)(=O)c3ccc(C)cc3)C2)n1. The van der Waals surface area contributed by atoms with Crippen molar-refractivity contribution in [2.24, 2.45) is 5.92 Å². The van der Waals surface area contributed by atoms with Crippen molar-refractivity contribution in [1.82, 2.24) is 19.8 Å². The smallest absolute Gasteiger partial charge is 0.241 e. The fourth-order valence-corrected chi connectivity index (χ4v) is 5.16. The first kappa shape index (κ1) is 23.4. The highest BCUT2D eigenvalue weighted by Gasteiger charge is 2.24. The van der Waals surface area contributed by atoms with E-state index in [4.69, 9.17) is 9.26 Å². The number of piperidine rings is 1. The lowest BCUT2D eigenvalue weighted by Crippen LogP contribution is -2.40. The summed E-state index contributed by atoms with van der Waals surface area (Å²) in [4.78, 5) is 7.10. The first-order chi connectivity index (χ1) is 15.9. The summed E-state index contributed by atoms with van der Waals surface area (Å²) in [5, 5.41) is 4.14. The number of nitrogens with one attached hydrogen (secondary N) is 1. The first-order valence-electron chi connectivity index (χ1n) is 11.3. The Morgan fingerprint density at radius 2 is 1.97 bits per heavy atom. The second kappa shape index (κ2) is 10.5. The van der Waals surface area contributed by atoms with Gasteiger partial charge in [0.1, 0.15) is 5.75 Å². The average Bonchev–Trinajstić information content (AvgIpc) is 3.27. The van der Waals surface area contributed by atoms with E-state index >= 15 is 0 Å². The van der Waals surface area contributed by atoms with E-state index in [0.29, 0.717) is 36.3 Å². The van der Waals surface area contributed by atoms with Crippen LogP contribution in [-0.4, -0.2) is 49.7 Å². The molecule has 176 valence electrons. The summed E-state index contributed by atoms with van der Waals surface area (Å²) in [5.74, 6) is 2.00. The van der Waals surface area contributed by atoms with Crippen LogP contribution in [0.3, 0.4) is 0 Å². The van der Waals surface area contributed by atoms with E-state index in [-0.39, 0.29) is 5.92 Å². The Morgan fingerprint density at radius 3 is 2.76 bits per heavy atom. The fourth-order valence-electron chi connectivity index (χ4n) is 4.04. The Hall–Kier alpha value is -2.75. The van der Waals surface area contributed by atoms with E-state index in [2.05, 4.69) is 19.8 Å². The molecule has 0 aliphatic carbocycles. The summed E-state index contributed by atoms with van der Waals surface area (Å²) < 4.78 is 39.1.